The van der Waals surface area contributed by atoms with Crippen LogP contribution in [0.5, 0.6) is 5.75 Å². The van der Waals surface area contributed by atoms with E-state index in [0.29, 0.717) is 6.04 Å². The van der Waals surface area contributed by atoms with Crippen LogP contribution in [-0.4, -0.2) is 45.2 Å². The SMILES string of the molecule is COc1cccc(N(C)C2CCCN(C)C2)c1C(C)N. The normalized spacial score (nSPS) is 21.6. The minimum Gasteiger partial charge on any atom is -0.496 e. The molecule has 0 aromatic heterocycles. The highest BCUT2D eigenvalue weighted by molar-refractivity contribution is 5.61. The van der Waals surface area contributed by atoms with Gasteiger partial charge in [-0.1, -0.05) is 6.07 Å². The van der Waals surface area contributed by atoms with Gasteiger partial charge >= 0.3 is 0 Å². The lowest BCUT2D eigenvalue weighted by Gasteiger charge is -2.38. The van der Waals surface area contributed by atoms with Crippen molar-refractivity contribution < 1.29 is 4.74 Å². The molecule has 1 aliphatic heterocycles. The summed E-state index contributed by atoms with van der Waals surface area (Å²) in [5, 5.41) is 0. The fraction of sp³-hybridized carbons (Fsp3) is 0.625. The summed E-state index contributed by atoms with van der Waals surface area (Å²) in [5.74, 6) is 0.883. The lowest BCUT2D eigenvalue weighted by molar-refractivity contribution is 0.247. The van der Waals surface area contributed by atoms with Crippen LogP contribution in [0, 0.1) is 0 Å². The van der Waals surface area contributed by atoms with E-state index in [1.54, 1.807) is 7.11 Å². The van der Waals surface area contributed by atoms with Crippen molar-refractivity contribution in [3.05, 3.63) is 23.8 Å². The summed E-state index contributed by atoms with van der Waals surface area (Å²) in [4.78, 5) is 4.77. The quantitative estimate of drug-likeness (QED) is 0.916. The number of ether oxygens (including phenoxy) is 1. The van der Waals surface area contributed by atoms with Crippen molar-refractivity contribution >= 4 is 5.69 Å². The van der Waals surface area contributed by atoms with Crippen LogP contribution in [0.1, 0.15) is 31.4 Å². The van der Waals surface area contributed by atoms with Crippen molar-refractivity contribution in [2.45, 2.75) is 31.8 Å². The van der Waals surface area contributed by atoms with Crippen molar-refractivity contribution in [1.82, 2.24) is 4.90 Å². The number of nitrogens with two attached hydrogens (primary N) is 1. The monoisotopic (exact) mass is 277 g/mol. The molecule has 2 atom stereocenters. The van der Waals surface area contributed by atoms with Gasteiger partial charge in [0.1, 0.15) is 5.75 Å². The van der Waals surface area contributed by atoms with Crippen molar-refractivity contribution in [3.8, 4) is 5.75 Å². The molecular weight excluding hydrogens is 250 g/mol. The maximum atomic E-state index is 6.17. The van der Waals surface area contributed by atoms with Gasteiger partial charge < -0.3 is 20.3 Å². The van der Waals surface area contributed by atoms with Crippen molar-refractivity contribution in [2.24, 2.45) is 5.73 Å². The highest BCUT2D eigenvalue weighted by Crippen LogP contribution is 2.34. The molecule has 0 spiro atoms. The second-order valence-corrected chi connectivity index (χ2v) is 5.85. The number of methoxy groups -OCH3 is 1. The number of nitrogens with zero attached hydrogens (tertiary/aromatic N) is 2. The van der Waals surface area contributed by atoms with Crippen LogP contribution in [0.4, 0.5) is 5.69 Å². The first kappa shape index (κ1) is 15.1. The Kier molecular flexibility index (Phi) is 4.89. The lowest BCUT2D eigenvalue weighted by Crippen LogP contribution is -2.45. The van der Waals surface area contributed by atoms with E-state index in [2.05, 4.69) is 30.0 Å². The van der Waals surface area contributed by atoms with Crippen LogP contribution in [0.2, 0.25) is 0 Å². The summed E-state index contributed by atoms with van der Waals surface area (Å²) in [5.41, 5.74) is 8.47. The van der Waals surface area contributed by atoms with Crippen molar-refractivity contribution in [3.63, 3.8) is 0 Å². The Morgan fingerprint density at radius 3 is 2.80 bits per heavy atom. The van der Waals surface area contributed by atoms with Gasteiger partial charge in [-0.15, -0.1) is 0 Å². The molecule has 2 N–H and O–H groups in total. The molecule has 0 saturated carbocycles. The fourth-order valence-electron chi connectivity index (χ4n) is 3.13. The predicted octanol–water partition coefficient (Wildman–Crippen LogP) is 2.25. The van der Waals surface area contributed by atoms with Gasteiger partial charge in [0, 0.05) is 36.9 Å². The number of anilines is 1. The average molecular weight is 277 g/mol. The molecule has 4 nitrogen and oxygen atoms in total. The number of likely N-dealkylation sites (tertiary alicyclic amines) is 1. The minimum atomic E-state index is -0.0371. The highest BCUT2D eigenvalue weighted by atomic mass is 16.5. The molecule has 2 rings (SSSR count). The van der Waals surface area contributed by atoms with Crippen LogP contribution in [-0.2, 0) is 0 Å². The summed E-state index contributed by atoms with van der Waals surface area (Å²) in [6.45, 7) is 4.32. The summed E-state index contributed by atoms with van der Waals surface area (Å²) < 4.78 is 5.49. The average Bonchev–Trinajstić information content (AvgIpc) is 2.45. The molecule has 0 bridgehead atoms. The second-order valence-electron chi connectivity index (χ2n) is 5.85. The van der Waals surface area contributed by atoms with Crippen LogP contribution in [0.25, 0.3) is 0 Å². The van der Waals surface area contributed by atoms with Crippen molar-refractivity contribution in [1.29, 1.82) is 0 Å². The van der Waals surface area contributed by atoms with Gasteiger partial charge in [-0.3, -0.25) is 0 Å². The number of rotatable bonds is 4. The first-order valence-electron chi connectivity index (χ1n) is 7.38. The molecule has 1 aromatic carbocycles. The van der Waals surface area contributed by atoms with E-state index in [9.17, 15) is 0 Å². The Labute approximate surface area is 122 Å². The van der Waals surface area contributed by atoms with E-state index in [1.165, 1.54) is 25.1 Å². The highest BCUT2D eigenvalue weighted by Gasteiger charge is 2.24. The number of hydrogen-bond donors (Lipinski definition) is 1. The van der Waals surface area contributed by atoms with Gasteiger partial charge in [-0.2, -0.15) is 0 Å². The van der Waals surface area contributed by atoms with E-state index < -0.39 is 0 Å². The summed E-state index contributed by atoms with van der Waals surface area (Å²) in [6.07, 6.45) is 2.49. The predicted molar refractivity (Wildman–Crippen MR) is 84.5 cm³/mol. The third-order valence-electron chi connectivity index (χ3n) is 4.25. The van der Waals surface area contributed by atoms with Crippen LogP contribution >= 0.6 is 0 Å². The van der Waals surface area contributed by atoms with Crippen LogP contribution < -0.4 is 15.4 Å². The minimum absolute atomic E-state index is 0.0371. The number of benzene rings is 1. The Morgan fingerprint density at radius 2 is 2.20 bits per heavy atom. The lowest BCUT2D eigenvalue weighted by atomic mass is 10.00. The number of piperidine rings is 1. The van der Waals surface area contributed by atoms with E-state index >= 15 is 0 Å². The van der Waals surface area contributed by atoms with Crippen molar-refractivity contribution in [2.75, 3.05) is 39.2 Å². The maximum Gasteiger partial charge on any atom is 0.125 e. The molecule has 0 radical (unpaired) electrons. The molecule has 1 fully saturated rings. The van der Waals surface area contributed by atoms with Crippen LogP contribution in [0.15, 0.2) is 18.2 Å². The molecule has 1 aliphatic rings. The molecule has 2 unspecified atom stereocenters. The third-order valence-corrected chi connectivity index (χ3v) is 4.25. The molecule has 1 saturated heterocycles. The zero-order chi connectivity index (χ0) is 14.7. The summed E-state index contributed by atoms with van der Waals surface area (Å²) >= 11 is 0. The zero-order valence-electron chi connectivity index (χ0n) is 13.1. The number of hydrogen-bond acceptors (Lipinski definition) is 4. The Hall–Kier alpha value is -1.26. The van der Waals surface area contributed by atoms with E-state index in [-0.39, 0.29) is 6.04 Å². The Balaban J connectivity index is 2.31. The van der Waals surface area contributed by atoms with Gasteiger partial charge in [-0.25, -0.2) is 0 Å². The third kappa shape index (κ3) is 3.07. The maximum absolute atomic E-state index is 6.17. The fourth-order valence-corrected chi connectivity index (χ4v) is 3.13. The molecule has 4 heteroatoms. The largest absolute Gasteiger partial charge is 0.496 e. The summed E-state index contributed by atoms with van der Waals surface area (Å²) in [6, 6.07) is 6.69. The van der Waals surface area contributed by atoms with Gasteiger partial charge in [0.2, 0.25) is 0 Å². The molecule has 1 aromatic rings. The second kappa shape index (κ2) is 6.46. The molecule has 20 heavy (non-hydrogen) atoms. The van der Waals surface area contributed by atoms with Gasteiger partial charge in [-0.05, 0) is 45.5 Å². The molecule has 0 aliphatic carbocycles. The molecule has 0 amide bonds. The topological polar surface area (TPSA) is 41.7 Å². The first-order chi connectivity index (χ1) is 9.54. The van der Waals surface area contributed by atoms with Gasteiger partial charge in [0.05, 0.1) is 7.11 Å². The smallest absolute Gasteiger partial charge is 0.125 e. The van der Waals surface area contributed by atoms with E-state index in [4.69, 9.17) is 10.5 Å². The molecular formula is C16H27N3O. The molecule has 1 heterocycles. The zero-order valence-corrected chi connectivity index (χ0v) is 13.1. The van der Waals surface area contributed by atoms with Crippen LogP contribution in [0.3, 0.4) is 0 Å². The van der Waals surface area contributed by atoms with E-state index in [1.807, 2.05) is 19.1 Å². The van der Waals surface area contributed by atoms with Gasteiger partial charge in [0.15, 0.2) is 0 Å². The molecule has 112 valence electrons. The standard InChI is InChI=1S/C16H27N3O/c1-12(17)16-14(8-5-9-15(16)20-4)19(3)13-7-6-10-18(2)11-13/h5,8-9,12-13H,6-7,10-11,17H2,1-4H3. The van der Waals surface area contributed by atoms with Gasteiger partial charge in [0.25, 0.3) is 0 Å². The first-order valence-corrected chi connectivity index (χ1v) is 7.38. The Morgan fingerprint density at radius 1 is 1.45 bits per heavy atom. The Bertz CT molecular complexity index is 447. The summed E-state index contributed by atoms with van der Waals surface area (Å²) in [7, 11) is 6.07. The number of likely N-dealkylation sites (N-methyl/N-ethyl adjacent to an activating group) is 2. The van der Waals surface area contributed by atoms with E-state index in [0.717, 1.165) is 17.9 Å².